The summed E-state index contributed by atoms with van der Waals surface area (Å²) in [7, 11) is -1.98. The van der Waals surface area contributed by atoms with E-state index in [9.17, 15) is 18.0 Å². The van der Waals surface area contributed by atoms with Gasteiger partial charge < -0.3 is 19.4 Å². The molecule has 1 amide bonds. The average molecular weight is 519 g/mol. The third kappa shape index (κ3) is 5.09. The zero-order chi connectivity index (χ0) is 24.6. The first kappa shape index (κ1) is 23.9. The summed E-state index contributed by atoms with van der Waals surface area (Å²) in [6, 6.07) is 5.19. The van der Waals surface area contributed by atoms with Crippen LogP contribution in [-0.4, -0.2) is 54.4 Å². The lowest BCUT2D eigenvalue weighted by Crippen LogP contribution is -2.35. The Balaban J connectivity index is 1.43. The average Bonchev–Trinajstić information content (AvgIpc) is 3.64. The van der Waals surface area contributed by atoms with Crippen molar-refractivity contribution in [1.82, 2.24) is 14.5 Å². The molecule has 3 aromatic rings. The third-order valence-electron chi connectivity index (χ3n) is 6.42. The van der Waals surface area contributed by atoms with Crippen molar-refractivity contribution in [3.05, 3.63) is 40.8 Å². The predicted octanol–water partition coefficient (Wildman–Crippen LogP) is 2.79. The number of fused-ring (bicyclic) bond motifs is 1. The molecule has 0 radical (unpaired) electrons. The Morgan fingerprint density at radius 3 is 2.69 bits per heavy atom. The number of pyridine rings is 2. The summed E-state index contributed by atoms with van der Waals surface area (Å²) in [5, 5.41) is 2.79. The molecule has 12 heteroatoms. The molecule has 2 fully saturated rings. The first-order chi connectivity index (χ1) is 16.8. The molecule has 0 spiro atoms. The minimum Gasteiger partial charge on any atom is -0.481 e. The van der Waals surface area contributed by atoms with Gasteiger partial charge in [0.15, 0.2) is 15.0 Å². The van der Waals surface area contributed by atoms with Crippen LogP contribution in [0.5, 0.6) is 5.88 Å². The predicted molar refractivity (Wildman–Crippen MR) is 131 cm³/mol. The van der Waals surface area contributed by atoms with Crippen LogP contribution < -0.4 is 15.6 Å². The second-order valence-electron chi connectivity index (χ2n) is 8.85. The third-order valence-corrected chi connectivity index (χ3v) is 9.56. The lowest BCUT2D eigenvalue weighted by molar-refractivity contribution is -0.120. The number of ether oxygens (including phenoxy) is 2. The molecule has 1 atom stereocenters. The van der Waals surface area contributed by atoms with Crippen LogP contribution in [0.1, 0.15) is 38.1 Å². The monoisotopic (exact) mass is 518 g/mol. The second kappa shape index (κ2) is 9.67. The quantitative estimate of drug-likeness (QED) is 0.482. The Morgan fingerprint density at radius 1 is 1.23 bits per heavy atom. The summed E-state index contributed by atoms with van der Waals surface area (Å²) in [5.41, 5.74) is 0.105. The summed E-state index contributed by atoms with van der Waals surface area (Å²) < 4.78 is 37.1. The molecule has 1 N–H and O–H groups in total. The molecule has 1 aliphatic heterocycles. The molecule has 3 aromatic heterocycles. The molecule has 0 unspecified atom stereocenters. The van der Waals surface area contributed by atoms with E-state index in [0.717, 1.165) is 18.9 Å². The van der Waals surface area contributed by atoms with Crippen molar-refractivity contribution in [2.75, 3.05) is 25.6 Å². The fourth-order valence-electron chi connectivity index (χ4n) is 4.28. The van der Waals surface area contributed by atoms with Gasteiger partial charge in [0.1, 0.15) is 16.4 Å². The van der Waals surface area contributed by atoms with Gasteiger partial charge in [0.05, 0.1) is 17.3 Å². The van der Waals surface area contributed by atoms with E-state index >= 15 is 0 Å². The van der Waals surface area contributed by atoms with Crippen molar-refractivity contribution in [2.24, 2.45) is 5.92 Å². The SMILES string of the molecule is COc1ccc2nc(NC(=O)[C@H](CC3CCOCC3)n3ccc(S(=O)(=O)C4CC4)cc3=O)sc2n1. The Hall–Kier alpha value is -2.83. The van der Waals surface area contributed by atoms with Gasteiger partial charge in [0.2, 0.25) is 11.8 Å². The Morgan fingerprint density at radius 2 is 2.00 bits per heavy atom. The molecule has 1 saturated heterocycles. The van der Waals surface area contributed by atoms with Gasteiger partial charge in [-0.2, -0.15) is 0 Å². The van der Waals surface area contributed by atoms with Gasteiger partial charge in [0, 0.05) is 31.5 Å². The molecule has 2 aliphatic rings. The highest BCUT2D eigenvalue weighted by Crippen LogP contribution is 2.33. The normalized spacial score (nSPS) is 17.9. The fraction of sp³-hybridized carbons (Fsp3) is 0.478. The van der Waals surface area contributed by atoms with E-state index in [1.165, 1.54) is 35.3 Å². The van der Waals surface area contributed by atoms with Crippen molar-refractivity contribution in [3.63, 3.8) is 0 Å². The second-order valence-corrected chi connectivity index (χ2v) is 12.1. The molecular weight excluding hydrogens is 492 g/mol. The van der Waals surface area contributed by atoms with E-state index in [4.69, 9.17) is 9.47 Å². The van der Waals surface area contributed by atoms with Crippen LogP contribution in [0.4, 0.5) is 5.13 Å². The minimum atomic E-state index is -3.50. The molecule has 35 heavy (non-hydrogen) atoms. The van der Waals surface area contributed by atoms with E-state index < -0.39 is 26.7 Å². The van der Waals surface area contributed by atoms with Gasteiger partial charge >= 0.3 is 0 Å². The number of rotatable bonds is 8. The first-order valence-corrected chi connectivity index (χ1v) is 13.9. The Labute approximate surface area is 206 Å². The molecular formula is C23H26N4O6S2. The highest BCUT2D eigenvalue weighted by atomic mass is 32.2. The van der Waals surface area contributed by atoms with E-state index in [1.807, 2.05) is 0 Å². The van der Waals surface area contributed by atoms with E-state index in [1.54, 1.807) is 12.1 Å². The van der Waals surface area contributed by atoms with E-state index in [-0.39, 0.29) is 16.7 Å². The summed E-state index contributed by atoms with van der Waals surface area (Å²) in [5.74, 6) is 0.259. The number of carbonyl (C=O) groups excluding carboxylic acids is 1. The van der Waals surface area contributed by atoms with Crippen molar-refractivity contribution < 1.29 is 22.7 Å². The van der Waals surface area contributed by atoms with Crippen molar-refractivity contribution in [1.29, 1.82) is 0 Å². The number of thiazole rings is 1. The first-order valence-electron chi connectivity index (χ1n) is 11.5. The van der Waals surface area contributed by atoms with Crippen LogP contribution >= 0.6 is 11.3 Å². The molecule has 5 rings (SSSR count). The smallest absolute Gasteiger partial charge is 0.252 e. The standard InChI is InChI=1S/C23H26N4O6S2/c1-32-19-5-4-17-22(25-19)34-23(24-17)26-21(29)18(12-14-7-10-33-11-8-14)27-9-6-16(13-20(27)28)35(30,31)15-2-3-15/h4-6,9,13-15,18H,2-3,7-8,10-12H2,1H3,(H,24,26,29)/t18-/m0/s1. The van der Waals surface area contributed by atoms with Crippen LogP contribution in [0.15, 0.2) is 40.2 Å². The lowest BCUT2D eigenvalue weighted by Gasteiger charge is -2.27. The number of sulfone groups is 1. The summed E-state index contributed by atoms with van der Waals surface area (Å²) in [4.78, 5) is 35.9. The highest BCUT2D eigenvalue weighted by Gasteiger charge is 2.37. The lowest BCUT2D eigenvalue weighted by atomic mass is 9.92. The maximum Gasteiger partial charge on any atom is 0.252 e. The van der Waals surface area contributed by atoms with Crippen molar-refractivity contribution >= 4 is 42.6 Å². The van der Waals surface area contributed by atoms with Crippen molar-refractivity contribution in [3.8, 4) is 5.88 Å². The van der Waals surface area contributed by atoms with E-state index in [2.05, 4.69) is 15.3 Å². The number of aromatic nitrogens is 3. The number of methoxy groups -OCH3 is 1. The van der Waals surface area contributed by atoms with Gasteiger partial charge in [-0.1, -0.05) is 11.3 Å². The molecule has 0 aromatic carbocycles. The van der Waals surface area contributed by atoms with Gasteiger partial charge in [-0.15, -0.1) is 0 Å². The maximum absolute atomic E-state index is 13.4. The Kier molecular flexibility index (Phi) is 6.60. The minimum absolute atomic E-state index is 0.0117. The van der Waals surface area contributed by atoms with Crippen LogP contribution in [0, 0.1) is 5.92 Å². The van der Waals surface area contributed by atoms with Gasteiger partial charge in [0.25, 0.3) is 5.56 Å². The summed E-state index contributed by atoms with van der Waals surface area (Å²) in [6.07, 6.45) is 4.66. The summed E-state index contributed by atoms with van der Waals surface area (Å²) in [6.45, 7) is 1.22. The van der Waals surface area contributed by atoms with E-state index in [0.29, 0.717) is 53.8 Å². The number of hydrogen-bond acceptors (Lipinski definition) is 9. The molecule has 4 heterocycles. The summed E-state index contributed by atoms with van der Waals surface area (Å²) >= 11 is 1.21. The van der Waals surface area contributed by atoms with Crippen LogP contribution in [0.3, 0.4) is 0 Å². The van der Waals surface area contributed by atoms with Crippen LogP contribution in [0.2, 0.25) is 0 Å². The Bertz CT molecular complexity index is 1410. The number of hydrogen-bond donors (Lipinski definition) is 1. The fourth-order valence-corrected chi connectivity index (χ4v) is 6.77. The molecule has 1 saturated carbocycles. The van der Waals surface area contributed by atoms with Gasteiger partial charge in [-0.05, 0) is 50.2 Å². The maximum atomic E-state index is 13.4. The van der Waals surface area contributed by atoms with Gasteiger partial charge in [-0.3, -0.25) is 9.59 Å². The number of amides is 1. The zero-order valence-electron chi connectivity index (χ0n) is 19.2. The molecule has 186 valence electrons. The highest BCUT2D eigenvalue weighted by molar-refractivity contribution is 7.92. The van der Waals surface area contributed by atoms with Gasteiger partial charge in [-0.25, -0.2) is 18.4 Å². The van der Waals surface area contributed by atoms with Crippen LogP contribution in [-0.2, 0) is 19.4 Å². The molecule has 10 nitrogen and oxygen atoms in total. The van der Waals surface area contributed by atoms with Crippen LogP contribution in [0.25, 0.3) is 10.3 Å². The molecule has 0 bridgehead atoms. The largest absolute Gasteiger partial charge is 0.481 e. The number of carbonyl (C=O) groups is 1. The van der Waals surface area contributed by atoms with Crippen molar-refractivity contribution in [2.45, 2.75) is 48.3 Å². The topological polar surface area (TPSA) is 129 Å². The zero-order valence-corrected chi connectivity index (χ0v) is 20.8. The molecule has 1 aliphatic carbocycles. The number of anilines is 1. The number of nitrogens with one attached hydrogen (secondary N) is 1. The number of nitrogens with zero attached hydrogens (tertiary/aromatic N) is 3.